The first-order valence-electron chi connectivity index (χ1n) is 4.26. The first-order chi connectivity index (χ1) is 7.48. The van der Waals surface area contributed by atoms with Gasteiger partial charge in [-0.1, -0.05) is 0 Å². The number of tetrazole rings is 1. The van der Waals surface area contributed by atoms with Crippen molar-refractivity contribution in [3.8, 4) is 5.69 Å². The van der Waals surface area contributed by atoms with E-state index >= 15 is 0 Å². The smallest absolute Gasteiger partial charge is 0.262 e. The van der Waals surface area contributed by atoms with Crippen LogP contribution in [0.15, 0.2) is 18.5 Å². The molecule has 0 amide bonds. The zero-order valence-corrected chi connectivity index (χ0v) is 8.10. The number of halogens is 3. The maximum absolute atomic E-state index is 12.5. The molecule has 0 atom stereocenters. The number of hydrogen-bond donors (Lipinski definition) is 0. The lowest BCUT2D eigenvalue weighted by Gasteiger charge is -2.06. The Hall–Kier alpha value is -1.99. The standard InChI is InChI=1S/C8H6F3N5/c1-5-2-6(4-12-3-5)16-7(8(9,10)11)13-14-15-16/h2-4H,1H3. The summed E-state index contributed by atoms with van der Waals surface area (Å²) < 4.78 is 38.1. The van der Waals surface area contributed by atoms with E-state index in [-0.39, 0.29) is 5.69 Å². The Balaban J connectivity index is 2.53. The highest BCUT2D eigenvalue weighted by molar-refractivity contribution is 5.31. The van der Waals surface area contributed by atoms with E-state index in [1.54, 1.807) is 6.92 Å². The van der Waals surface area contributed by atoms with Crippen LogP contribution in [0.25, 0.3) is 5.69 Å². The van der Waals surface area contributed by atoms with Gasteiger partial charge in [-0.2, -0.15) is 17.9 Å². The molecular formula is C8H6F3N5. The summed E-state index contributed by atoms with van der Waals surface area (Å²) in [5.41, 5.74) is 0.901. The predicted molar refractivity (Wildman–Crippen MR) is 46.7 cm³/mol. The number of aryl methyl sites for hydroxylation is 1. The lowest BCUT2D eigenvalue weighted by atomic mass is 10.3. The molecule has 0 aliphatic rings. The molecule has 2 aromatic heterocycles. The fourth-order valence-electron chi connectivity index (χ4n) is 1.19. The molecule has 0 aliphatic carbocycles. The predicted octanol–water partition coefficient (Wildman–Crippen LogP) is 1.38. The second-order valence-electron chi connectivity index (χ2n) is 3.13. The third-order valence-corrected chi connectivity index (χ3v) is 1.83. The Labute approximate surface area is 87.9 Å². The maximum Gasteiger partial charge on any atom is 0.453 e. The first-order valence-corrected chi connectivity index (χ1v) is 4.26. The molecule has 0 aliphatic heterocycles. The number of aromatic nitrogens is 5. The van der Waals surface area contributed by atoms with Gasteiger partial charge in [0.05, 0.1) is 11.9 Å². The van der Waals surface area contributed by atoms with Crippen molar-refractivity contribution in [2.24, 2.45) is 0 Å². The number of hydrogen-bond acceptors (Lipinski definition) is 4. The van der Waals surface area contributed by atoms with Crippen LogP contribution in [0.2, 0.25) is 0 Å². The van der Waals surface area contributed by atoms with E-state index in [4.69, 9.17) is 0 Å². The van der Waals surface area contributed by atoms with Gasteiger partial charge in [-0.3, -0.25) is 4.98 Å². The van der Waals surface area contributed by atoms with Gasteiger partial charge in [0.25, 0.3) is 5.82 Å². The highest BCUT2D eigenvalue weighted by atomic mass is 19.4. The monoisotopic (exact) mass is 229 g/mol. The molecule has 16 heavy (non-hydrogen) atoms. The van der Waals surface area contributed by atoms with Crippen LogP contribution in [0.1, 0.15) is 11.4 Å². The van der Waals surface area contributed by atoms with Crippen LogP contribution in [-0.4, -0.2) is 25.2 Å². The average Bonchev–Trinajstić information content (AvgIpc) is 2.65. The van der Waals surface area contributed by atoms with E-state index in [0.717, 1.165) is 5.56 Å². The highest BCUT2D eigenvalue weighted by Gasteiger charge is 2.38. The van der Waals surface area contributed by atoms with Crippen molar-refractivity contribution in [3.63, 3.8) is 0 Å². The van der Waals surface area contributed by atoms with Gasteiger partial charge in [-0.05, 0) is 29.0 Å². The van der Waals surface area contributed by atoms with Gasteiger partial charge < -0.3 is 0 Å². The fourth-order valence-corrected chi connectivity index (χ4v) is 1.19. The topological polar surface area (TPSA) is 56.5 Å². The van der Waals surface area contributed by atoms with E-state index in [1.807, 2.05) is 0 Å². The normalized spacial score (nSPS) is 11.8. The Bertz CT molecular complexity index is 504. The summed E-state index contributed by atoms with van der Waals surface area (Å²) in [6.45, 7) is 1.72. The Morgan fingerprint density at radius 1 is 1.25 bits per heavy atom. The summed E-state index contributed by atoms with van der Waals surface area (Å²) >= 11 is 0. The summed E-state index contributed by atoms with van der Waals surface area (Å²) in [5.74, 6) is -1.17. The first kappa shape index (κ1) is 10.5. The van der Waals surface area contributed by atoms with Gasteiger partial charge >= 0.3 is 6.18 Å². The molecule has 5 nitrogen and oxygen atoms in total. The molecule has 0 fully saturated rings. The molecule has 0 saturated heterocycles. The second-order valence-corrected chi connectivity index (χ2v) is 3.13. The van der Waals surface area contributed by atoms with Crippen molar-refractivity contribution in [3.05, 3.63) is 29.8 Å². The third kappa shape index (κ3) is 1.86. The fraction of sp³-hybridized carbons (Fsp3) is 0.250. The van der Waals surface area contributed by atoms with Crippen molar-refractivity contribution < 1.29 is 13.2 Å². The third-order valence-electron chi connectivity index (χ3n) is 1.83. The summed E-state index contributed by atoms with van der Waals surface area (Å²) in [7, 11) is 0. The Morgan fingerprint density at radius 2 is 2.00 bits per heavy atom. The number of pyridine rings is 1. The molecule has 0 unspecified atom stereocenters. The van der Waals surface area contributed by atoms with Gasteiger partial charge in [-0.25, -0.2) is 0 Å². The van der Waals surface area contributed by atoms with Crippen molar-refractivity contribution in [1.82, 2.24) is 25.2 Å². The van der Waals surface area contributed by atoms with Crippen LogP contribution in [0.3, 0.4) is 0 Å². The van der Waals surface area contributed by atoms with Crippen LogP contribution < -0.4 is 0 Å². The SMILES string of the molecule is Cc1cncc(-n2nnnc2C(F)(F)F)c1. The minimum atomic E-state index is -4.59. The number of nitrogens with zero attached hydrogens (tertiary/aromatic N) is 5. The number of alkyl halides is 3. The van der Waals surface area contributed by atoms with Crippen LogP contribution in [0.4, 0.5) is 13.2 Å². The van der Waals surface area contributed by atoms with Crippen molar-refractivity contribution in [1.29, 1.82) is 0 Å². The van der Waals surface area contributed by atoms with E-state index in [2.05, 4.69) is 20.5 Å². The minimum absolute atomic E-state index is 0.178. The average molecular weight is 229 g/mol. The largest absolute Gasteiger partial charge is 0.453 e. The van der Waals surface area contributed by atoms with Crippen molar-refractivity contribution in [2.45, 2.75) is 13.1 Å². The van der Waals surface area contributed by atoms with Crippen molar-refractivity contribution in [2.75, 3.05) is 0 Å². The molecule has 0 aromatic carbocycles. The molecule has 0 bridgehead atoms. The van der Waals surface area contributed by atoms with Crippen LogP contribution in [-0.2, 0) is 6.18 Å². The molecule has 0 saturated carbocycles. The second kappa shape index (κ2) is 3.54. The van der Waals surface area contributed by atoms with Gasteiger partial charge in [0.2, 0.25) is 0 Å². The molecule has 2 rings (SSSR count). The minimum Gasteiger partial charge on any atom is -0.262 e. The molecule has 0 spiro atoms. The number of rotatable bonds is 1. The van der Waals surface area contributed by atoms with Gasteiger partial charge in [-0.15, -0.1) is 5.10 Å². The van der Waals surface area contributed by atoms with E-state index in [1.165, 1.54) is 18.5 Å². The summed E-state index contributed by atoms with van der Waals surface area (Å²) in [6.07, 6.45) is -1.80. The van der Waals surface area contributed by atoms with Gasteiger partial charge in [0.1, 0.15) is 0 Å². The highest BCUT2D eigenvalue weighted by Crippen LogP contribution is 2.28. The van der Waals surface area contributed by atoms with Gasteiger partial charge in [0, 0.05) is 6.20 Å². The molecule has 2 heterocycles. The molecule has 0 N–H and O–H groups in total. The van der Waals surface area contributed by atoms with E-state index in [9.17, 15) is 13.2 Å². The molecule has 0 radical (unpaired) electrons. The lowest BCUT2D eigenvalue weighted by molar-refractivity contribution is -0.146. The van der Waals surface area contributed by atoms with Gasteiger partial charge in [0.15, 0.2) is 0 Å². The lowest BCUT2D eigenvalue weighted by Crippen LogP contribution is -2.14. The van der Waals surface area contributed by atoms with Crippen molar-refractivity contribution >= 4 is 0 Å². The summed E-state index contributed by atoms with van der Waals surface area (Å²) in [5, 5.41) is 9.24. The summed E-state index contributed by atoms with van der Waals surface area (Å²) in [6, 6.07) is 1.51. The maximum atomic E-state index is 12.5. The zero-order chi connectivity index (χ0) is 11.8. The van der Waals surface area contributed by atoms with Crippen LogP contribution >= 0.6 is 0 Å². The van der Waals surface area contributed by atoms with E-state index in [0.29, 0.717) is 4.68 Å². The Morgan fingerprint density at radius 3 is 2.62 bits per heavy atom. The summed E-state index contributed by atoms with van der Waals surface area (Å²) in [4.78, 5) is 3.78. The molecule has 8 heteroatoms. The molecular weight excluding hydrogens is 223 g/mol. The Kier molecular flexibility index (Phi) is 2.33. The zero-order valence-electron chi connectivity index (χ0n) is 8.10. The van der Waals surface area contributed by atoms with Crippen LogP contribution in [0, 0.1) is 6.92 Å². The molecule has 84 valence electrons. The quantitative estimate of drug-likeness (QED) is 0.741. The van der Waals surface area contributed by atoms with E-state index < -0.39 is 12.0 Å². The molecule has 2 aromatic rings. The van der Waals surface area contributed by atoms with Crippen LogP contribution in [0.5, 0.6) is 0 Å².